The zero-order valence-corrected chi connectivity index (χ0v) is 22.4. The summed E-state index contributed by atoms with van der Waals surface area (Å²) in [6, 6.07) is 3.90. The summed E-state index contributed by atoms with van der Waals surface area (Å²) in [4.78, 5) is 13.0. The van der Waals surface area contributed by atoms with E-state index in [-0.39, 0.29) is 5.41 Å². The van der Waals surface area contributed by atoms with Gasteiger partial charge in [0.25, 0.3) is 0 Å². The second kappa shape index (κ2) is 9.29. The van der Waals surface area contributed by atoms with Gasteiger partial charge in [-0.3, -0.25) is 4.79 Å². The van der Waals surface area contributed by atoms with Gasteiger partial charge in [0.2, 0.25) is 0 Å². The standard InChI is InChI=1S/C32H48O2/c1-21(2)8-6-9-22(3)27-13-14-28-26-12-11-24-19-30(33)23(18-25-10-7-17-34-25)20-32(24,5)29(26)15-16-31(27,28)4/h7,10,17-18,21-22,24,26-29H,6,8-9,11-16,19-20H2,1-5H3/b23-18-/t22-,24+,26?,27?,28?,29?,31?,32?/m1/s1. The van der Waals surface area contributed by atoms with Crippen molar-refractivity contribution in [1.82, 2.24) is 0 Å². The first-order valence-corrected chi connectivity index (χ1v) is 14.5. The van der Waals surface area contributed by atoms with Crippen molar-refractivity contribution < 1.29 is 9.21 Å². The molecule has 4 saturated carbocycles. The van der Waals surface area contributed by atoms with Gasteiger partial charge in [0.1, 0.15) is 5.76 Å². The number of allylic oxidation sites excluding steroid dienone is 1. The van der Waals surface area contributed by atoms with Gasteiger partial charge in [-0.15, -0.1) is 0 Å². The molecular weight excluding hydrogens is 416 g/mol. The van der Waals surface area contributed by atoms with Gasteiger partial charge in [-0.1, -0.05) is 53.9 Å². The molecular formula is C32H48O2. The van der Waals surface area contributed by atoms with E-state index in [1.54, 1.807) is 6.26 Å². The van der Waals surface area contributed by atoms with E-state index in [1.165, 1.54) is 57.8 Å². The molecule has 0 amide bonds. The lowest BCUT2D eigenvalue weighted by atomic mass is 9.44. The van der Waals surface area contributed by atoms with Gasteiger partial charge >= 0.3 is 0 Å². The summed E-state index contributed by atoms with van der Waals surface area (Å²) in [6.07, 6.45) is 18.0. The largest absolute Gasteiger partial charge is 0.465 e. The van der Waals surface area contributed by atoms with E-state index in [9.17, 15) is 4.79 Å². The number of hydrogen-bond acceptors (Lipinski definition) is 2. The molecule has 8 atom stereocenters. The summed E-state index contributed by atoms with van der Waals surface area (Å²) in [5.41, 5.74) is 1.84. The van der Waals surface area contributed by atoms with Crippen molar-refractivity contribution in [1.29, 1.82) is 0 Å². The molecule has 0 saturated heterocycles. The van der Waals surface area contributed by atoms with Crippen LogP contribution in [-0.2, 0) is 4.79 Å². The van der Waals surface area contributed by atoms with Crippen LogP contribution in [0, 0.1) is 52.3 Å². The molecule has 0 radical (unpaired) electrons. The highest BCUT2D eigenvalue weighted by Gasteiger charge is 2.61. The topological polar surface area (TPSA) is 30.2 Å². The highest BCUT2D eigenvalue weighted by molar-refractivity contribution is 6.00. The average molecular weight is 465 g/mol. The van der Waals surface area contributed by atoms with Crippen molar-refractivity contribution in [3.63, 3.8) is 0 Å². The molecule has 2 nitrogen and oxygen atoms in total. The Labute approximate surface area is 208 Å². The summed E-state index contributed by atoms with van der Waals surface area (Å²) < 4.78 is 5.58. The molecule has 0 aromatic carbocycles. The lowest BCUT2D eigenvalue weighted by Crippen LogP contribution is -2.54. The van der Waals surface area contributed by atoms with E-state index in [0.717, 1.165) is 59.7 Å². The predicted octanol–water partition coefficient (Wildman–Crippen LogP) is 8.96. The van der Waals surface area contributed by atoms with Crippen molar-refractivity contribution in [2.75, 3.05) is 0 Å². The van der Waals surface area contributed by atoms with Crippen LogP contribution in [0.25, 0.3) is 6.08 Å². The molecule has 0 spiro atoms. The second-order valence-corrected chi connectivity index (χ2v) is 13.7. The van der Waals surface area contributed by atoms with Crippen LogP contribution in [-0.4, -0.2) is 5.78 Å². The van der Waals surface area contributed by atoms with Crippen LogP contribution in [0.4, 0.5) is 0 Å². The molecule has 6 unspecified atom stereocenters. The lowest BCUT2D eigenvalue weighted by molar-refractivity contribution is -0.133. The fraction of sp³-hybridized carbons (Fsp3) is 0.781. The molecule has 2 heteroatoms. The van der Waals surface area contributed by atoms with Gasteiger partial charge in [0, 0.05) is 6.42 Å². The van der Waals surface area contributed by atoms with Gasteiger partial charge in [-0.2, -0.15) is 0 Å². The summed E-state index contributed by atoms with van der Waals surface area (Å²) in [5, 5.41) is 0. The van der Waals surface area contributed by atoms with E-state index in [4.69, 9.17) is 4.42 Å². The number of carbonyl (C=O) groups excluding carboxylic acids is 1. The zero-order valence-electron chi connectivity index (χ0n) is 22.4. The Kier molecular flexibility index (Phi) is 6.66. The quantitative estimate of drug-likeness (QED) is 0.393. The second-order valence-electron chi connectivity index (χ2n) is 13.7. The van der Waals surface area contributed by atoms with Gasteiger partial charge in [-0.05, 0) is 121 Å². The smallest absolute Gasteiger partial charge is 0.159 e. The summed E-state index contributed by atoms with van der Waals surface area (Å²) in [5.74, 6) is 6.94. The van der Waals surface area contributed by atoms with E-state index < -0.39 is 0 Å². The first-order chi connectivity index (χ1) is 16.2. The molecule has 188 valence electrons. The molecule has 4 fully saturated rings. The highest BCUT2D eigenvalue weighted by Crippen LogP contribution is 2.68. The fourth-order valence-corrected chi connectivity index (χ4v) is 9.71. The first kappa shape index (κ1) is 24.4. The molecule has 1 aromatic heterocycles. The van der Waals surface area contributed by atoms with Crippen LogP contribution in [0.3, 0.4) is 0 Å². The maximum absolute atomic E-state index is 13.0. The Hall–Kier alpha value is -1.31. The Balaban J connectivity index is 1.33. The van der Waals surface area contributed by atoms with Gasteiger partial charge in [0.15, 0.2) is 5.78 Å². The van der Waals surface area contributed by atoms with E-state index in [2.05, 4.69) is 34.6 Å². The number of fused-ring (bicyclic) bond motifs is 5. The Bertz CT molecular complexity index is 894. The first-order valence-electron chi connectivity index (χ1n) is 14.5. The number of ketones is 1. The van der Waals surface area contributed by atoms with Crippen molar-refractivity contribution in [2.45, 2.75) is 105 Å². The third kappa shape index (κ3) is 4.16. The SMILES string of the molecule is CC(C)CCC[C@@H](C)C1CCC2C3CC[C@H]4CC(=O)/C(=C\c5ccco5)CC4(C)C3CCC21C. The third-order valence-electron chi connectivity index (χ3n) is 11.5. The van der Waals surface area contributed by atoms with E-state index in [1.807, 2.05) is 18.2 Å². The normalized spacial score (nSPS) is 41.9. The number of rotatable bonds is 6. The average Bonchev–Trinajstić information content (AvgIpc) is 3.41. The maximum Gasteiger partial charge on any atom is 0.159 e. The Morgan fingerprint density at radius 1 is 1.03 bits per heavy atom. The fourth-order valence-electron chi connectivity index (χ4n) is 9.71. The minimum Gasteiger partial charge on any atom is -0.465 e. The Morgan fingerprint density at radius 2 is 1.82 bits per heavy atom. The molecule has 0 aliphatic heterocycles. The van der Waals surface area contributed by atoms with Crippen LogP contribution in [0.1, 0.15) is 111 Å². The maximum atomic E-state index is 13.0. The van der Waals surface area contributed by atoms with Crippen LogP contribution in [0.2, 0.25) is 0 Å². The van der Waals surface area contributed by atoms with Crippen LogP contribution < -0.4 is 0 Å². The van der Waals surface area contributed by atoms with Crippen molar-refractivity contribution >= 4 is 11.9 Å². The predicted molar refractivity (Wildman–Crippen MR) is 140 cm³/mol. The van der Waals surface area contributed by atoms with Crippen LogP contribution in [0.15, 0.2) is 28.4 Å². The van der Waals surface area contributed by atoms with Gasteiger partial charge in [0.05, 0.1) is 6.26 Å². The summed E-state index contributed by atoms with van der Waals surface area (Å²) >= 11 is 0. The molecule has 4 aliphatic carbocycles. The van der Waals surface area contributed by atoms with Gasteiger partial charge < -0.3 is 4.42 Å². The number of carbonyl (C=O) groups is 1. The van der Waals surface area contributed by atoms with Crippen LogP contribution >= 0.6 is 0 Å². The van der Waals surface area contributed by atoms with Crippen molar-refractivity contribution in [2.24, 2.45) is 52.3 Å². The number of Topliss-reactive ketones (excluding diaryl/α,β-unsaturated/α-hetero) is 1. The monoisotopic (exact) mass is 464 g/mol. The van der Waals surface area contributed by atoms with E-state index in [0.29, 0.717) is 17.1 Å². The molecule has 1 aromatic rings. The van der Waals surface area contributed by atoms with E-state index >= 15 is 0 Å². The minimum atomic E-state index is 0.275. The Morgan fingerprint density at radius 3 is 2.56 bits per heavy atom. The van der Waals surface area contributed by atoms with Gasteiger partial charge in [-0.25, -0.2) is 0 Å². The summed E-state index contributed by atoms with van der Waals surface area (Å²) in [6.45, 7) is 12.5. The van der Waals surface area contributed by atoms with Crippen molar-refractivity contribution in [3.8, 4) is 0 Å². The van der Waals surface area contributed by atoms with Crippen molar-refractivity contribution in [3.05, 3.63) is 29.7 Å². The lowest BCUT2D eigenvalue weighted by Gasteiger charge is -2.60. The zero-order chi connectivity index (χ0) is 24.1. The molecule has 1 heterocycles. The minimum absolute atomic E-state index is 0.275. The highest BCUT2D eigenvalue weighted by atomic mass is 16.3. The number of furan rings is 1. The molecule has 4 aliphatic rings. The van der Waals surface area contributed by atoms with Crippen LogP contribution in [0.5, 0.6) is 0 Å². The summed E-state index contributed by atoms with van der Waals surface area (Å²) in [7, 11) is 0. The molecule has 5 rings (SSSR count). The third-order valence-corrected chi connectivity index (χ3v) is 11.5. The molecule has 0 N–H and O–H groups in total. The molecule has 0 bridgehead atoms. The molecule has 34 heavy (non-hydrogen) atoms. The number of hydrogen-bond donors (Lipinski definition) is 0.